The van der Waals surface area contributed by atoms with Crippen LogP contribution in [0.1, 0.15) is 27.2 Å². The van der Waals surface area contributed by atoms with Gasteiger partial charge in [0.15, 0.2) is 0 Å². The van der Waals surface area contributed by atoms with E-state index in [4.69, 9.17) is 5.11 Å². The Kier molecular flexibility index (Phi) is 7.51. The molecule has 0 heterocycles. The number of hydrogen-bond acceptors (Lipinski definition) is 5. The Hall–Kier alpha value is -1.24. The van der Waals surface area contributed by atoms with Crippen LogP contribution in [0, 0.1) is 5.41 Å². The lowest BCUT2D eigenvalue weighted by molar-refractivity contribution is -0.149. The van der Waals surface area contributed by atoms with Gasteiger partial charge in [-0.15, -0.1) is 0 Å². The summed E-state index contributed by atoms with van der Waals surface area (Å²) in [5, 5.41) is 11.3. The number of aliphatic carboxylic acids is 1. The second kappa shape index (κ2) is 8.04. The molecule has 0 aromatic heterocycles. The van der Waals surface area contributed by atoms with Crippen molar-refractivity contribution >= 4 is 29.6 Å². The second-order valence-corrected chi connectivity index (χ2v) is 5.91. The average Bonchev–Trinajstić information content (AvgIpc) is 2.31. The molecule has 0 spiro atoms. The van der Waals surface area contributed by atoms with Crippen LogP contribution in [0.4, 0.5) is 0 Å². The van der Waals surface area contributed by atoms with E-state index in [-0.39, 0.29) is 11.9 Å². The molecule has 0 rings (SSSR count). The zero-order chi connectivity index (χ0) is 15.1. The first-order valence-corrected chi connectivity index (χ1v) is 7.02. The number of carboxylic acids is 1. The highest BCUT2D eigenvalue weighted by Crippen LogP contribution is 2.23. The molecule has 2 N–H and O–H groups in total. The summed E-state index contributed by atoms with van der Waals surface area (Å²) < 4.78 is 4.68. The Morgan fingerprint density at radius 2 is 1.95 bits per heavy atom. The third kappa shape index (κ3) is 7.05. The molecule has 0 aliphatic carbocycles. The van der Waals surface area contributed by atoms with Crippen molar-refractivity contribution in [3.05, 3.63) is 0 Å². The normalized spacial score (nSPS) is 12.6. The third-order valence-electron chi connectivity index (χ3n) is 2.43. The van der Waals surface area contributed by atoms with Crippen molar-refractivity contribution in [2.45, 2.75) is 33.2 Å². The molecule has 0 saturated carbocycles. The molecule has 1 atom stereocenters. The molecule has 19 heavy (non-hydrogen) atoms. The molecule has 0 aliphatic rings. The maximum Gasteiger partial charge on any atom is 0.326 e. The van der Waals surface area contributed by atoms with Crippen LogP contribution >= 0.6 is 11.8 Å². The Labute approximate surface area is 117 Å². The Morgan fingerprint density at radius 3 is 2.37 bits per heavy atom. The first-order chi connectivity index (χ1) is 8.70. The molecule has 0 bridgehead atoms. The van der Waals surface area contributed by atoms with Gasteiger partial charge in [-0.1, -0.05) is 0 Å². The van der Waals surface area contributed by atoms with Gasteiger partial charge in [0.05, 0.1) is 12.5 Å². The Morgan fingerprint density at radius 1 is 1.37 bits per heavy atom. The van der Waals surface area contributed by atoms with Gasteiger partial charge in [-0.2, -0.15) is 11.8 Å². The molecule has 0 fully saturated rings. The zero-order valence-electron chi connectivity index (χ0n) is 11.7. The van der Waals surface area contributed by atoms with Crippen molar-refractivity contribution in [3.63, 3.8) is 0 Å². The zero-order valence-corrected chi connectivity index (χ0v) is 12.5. The lowest BCUT2D eigenvalue weighted by Gasteiger charge is -2.21. The number of hydrogen-bond donors (Lipinski definition) is 2. The predicted molar refractivity (Wildman–Crippen MR) is 73.0 cm³/mol. The molecule has 0 radical (unpaired) electrons. The van der Waals surface area contributed by atoms with Crippen LogP contribution in [0.3, 0.4) is 0 Å². The highest BCUT2D eigenvalue weighted by Gasteiger charge is 2.28. The maximum absolute atomic E-state index is 11.4. The number of esters is 1. The minimum Gasteiger partial charge on any atom is -0.480 e. The van der Waals surface area contributed by atoms with Crippen molar-refractivity contribution in [2.75, 3.05) is 18.6 Å². The van der Waals surface area contributed by atoms with Gasteiger partial charge in [0.1, 0.15) is 6.04 Å². The van der Waals surface area contributed by atoms with E-state index in [0.29, 0.717) is 17.9 Å². The lowest BCUT2D eigenvalue weighted by atomic mass is 9.97. The summed E-state index contributed by atoms with van der Waals surface area (Å²) in [6.07, 6.45) is 0.316. The Bertz CT molecular complexity index is 343. The van der Waals surface area contributed by atoms with Crippen molar-refractivity contribution < 1.29 is 24.2 Å². The molecular formula is C12H21NO5S. The quantitative estimate of drug-likeness (QED) is 0.510. The van der Waals surface area contributed by atoms with Crippen LogP contribution in [0.5, 0.6) is 0 Å². The molecule has 0 aliphatic heterocycles. The van der Waals surface area contributed by atoms with Crippen molar-refractivity contribution in [1.82, 2.24) is 5.32 Å². The van der Waals surface area contributed by atoms with Gasteiger partial charge in [-0.05, 0) is 26.0 Å². The number of carbonyl (C=O) groups excluding carboxylic acids is 2. The predicted octanol–water partition coefficient (Wildman–Crippen LogP) is 0.898. The fourth-order valence-corrected chi connectivity index (χ4v) is 2.54. The monoisotopic (exact) mass is 291 g/mol. The van der Waals surface area contributed by atoms with Crippen molar-refractivity contribution in [3.8, 4) is 0 Å². The molecule has 6 nitrogen and oxygen atoms in total. The molecule has 0 aromatic rings. The van der Waals surface area contributed by atoms with E-state index >= 15 is 0 Å². The molecule has 1 unspecified atom stereocenters. The summed E-state index contributed by atoms with van der Waals surface area (Å²) in [5.74, 6) is -0.643. The van der Waals surface area contributed by atoms with Gasteiger partial charge in [0.25, 0.3) is 0 Å². The van der Waals surface area contributed by atoms with E-state index in [2.05, 4.69) is 10.1 Å². The SMILES string of the molecule is COC(=O)C(C)(C)CSCCC(NC(C)=O)C(=O)O. The topological polar surface area (TPSA) is 92.7 Å². The minimum absolute atomic E-state index is 0.295. The summed E-state index contributed by atoms with van der Waals surface area (Å²) >= 11 is 1.46. The first kappa shape index (κ1) is 17.8. The largest absolute Gasteiger partial charge is 0.480 e. The molecule has 110 valence electrons. The van der Waals surface area contributed by atoms with E-state index < -0.39 is 17.4 Å². The summed E-state index contributed by atoms with van der Waals surface area (Å²) in [7, 11) is 1.34. The van der Waals surface area contributed by atoms with Crippen LogP contribution in [-0.4, -0.2) is 47.6 Å². The second-order valence-electron chi connectivity index (χ2n) is 4.81. The minimum atomic E-state index is -1.05. The van der Waals surface area contributed by atoms with Crippen molar-refractivity contribution in [2.24, 2.45) is 5.41 Å². The van der Waals surface area contributed by atoms with Crippen molar-refractivity contribution in [1.29, 1.82) is 0 Å². The van der Waals surface area contributed by atoms with E-state index in [9.17, 15) is 14.4 Å². The van der Waals surface area contributed by atoms with Crippen LogP contribution < -0.4 is 5.32 Å². The van der Waals surface area contributed by atoms with Crippen LogP contribution in [-0.2, 0) is 19.1 Å². The standard InChI is InChI=1S/C12H21NO5S/c1-8(14)13-9(10(15)16)5-6-19-7-12(2,3)11(17)18-4/h9H,5-7H2,1-4H3,(H,13,14)(H,15,16). The molecular weight excluding hydrogens is 270 g/mol. The number of methoxy groups -OCH3 is 1. The van der Waals surface area contributed by atoms with E-state index in [1.807, 2.05) is 0 Å². The highest BCUT2D eigenvalue weighted by molar-refractivity contribution is 7.99. The lowest BCUT2D eigenvalue weighted by Crippen LogP contribution is -2.40. The third-order valence-corrected chi connectivity index (χ3v) is 3.88. The fourth-order valence-electron chi connectivity index (χ4n) is 1.37. The number of nitrogens with one attached hydrogen (secondary N) is 1. The van der Waals surface area contributed by atoms with Gasteiger partial charge in [0.2, 0.25) is 5.91 Å². The summed E-state index contributed by atoms with van der Waals surface area (Å²) in [6, 6.07) is -0.883. The number of ether oxygens (including phenoxy) is 1. The number of carbonyl (C=O) groups is 3. The van der Waals surface area contributed by atoms with Gasteiger partial charge in [-0.3, -0.25) is 9.59 Å². The Balaban J connectivity index is 4.10. The maximum atomic E-state index is 11.4. The molecule has 0 saturated heterocycles. The summed E-state index contributed by atoms with van der Waals surface area (Å²) in [5.41, 5.74) is -0.605. The van der Waals surface area contributed by atoms with E-state index in [0.717, 1.165) is 0 Å². The van der Waals surface area contributed by atoms with E-state index in [1.54, 1.807) is 13.8 Å². The van der Waals surface area contributed by atoms with Gasteiger partial charge in [0, 0.05) is 12.7 Å². The fraction of sp³-hybridized carbons (Fsp3) is 0.750. The van der Waals surface area contributed by atoms with E-state index in [1.165, 1.54) is 25.8 Å². The van der Waals surface area contributed by atoms with Gasteiger partial charge in [-0.25, -0.2) is 4.79 Å². The number of carboxylic acid groups (broad SMARTS) is 1. The smallest absolute Gasteiger partial charge is 0.326 e. The first-order valence-electron chi connectivity index (χ1n) is 5.86. The van der Waals surface area contributed by atoms with Crippen LogP contribution in [0.15, 0.2) is 0 Å². The molecule has 0 aromatic carbocycles. The van der Waals surface area contributed by atoms with Gasteiger partial charge < -0.3 is 15.2 Å². The van der Waals surface area contributed by atoms with Gasteiger partial charge >= 0.3 is 11.9 Å². The molecule has 1 amide bonds. The van der Waals surface area contributed by atoms with Crippen LogP contribution in [0.25, 0.3) is 0 Å². The number of rotatable bonds is 8. The summed E-state index contributed by atoms with van der Waals surface area (Å²) in [4.78, 5) is 33.1. The highest BCUT2D eigenvalue weighted by atomic mass is 32.2. The number of thioether (sulfide) groups is 1. The molecule has 7 heteroatoms. The summed E-state index contributed by atoms with van der Waals surface area (Å²) in [6.45, 7) is 4.83. The number of amides is 1. The average molecular weight is 291 g/mol. The van der Waals surface area contributed by atoms with Crippen LogP contribution in [0.2, 0.25) is 0 Å².